The molecule has 0 radical (unpaired) electrons. The minimum atomic E-state index is -0.663. The average molecular weight is 428 g/mol. The van der Waals surface area contributed by atoms with E-state index in [4.69, 9.17) is 4.74 Å². The van der Waals surface area contributed by atoms with Crippen molar-refractivity contribution in [3.8, 4) is 5.75 Å². The van der Waals surface area contributed by atoms with E-state index in [0.29, 0.717) is 10.9 Å². The van der Waals surface area contributed by atoms with Gasteiger partial charge in [0.25, 0.3) is 5.69 Å². The van der Waals surface area contributed by atoms with Crippen molar-refractivity contribution in [3.05, 3.63) is 64.2 Å². The molecule has 0 aromatic heterocycles. The number of nitro benzene ring substituents is 1. The van der Waals surface area contributed by atoms with Gasteiger partial charge in [-0.2, -0.15) is 0 Å². The maximum Gasteiger partial charge on any atom is 0.296 e. The van der Waals surface area contributed by atoms with Crippen LogP contribution in [0.4, 0.5) is 11.4 Å². The second-order valence-corrected chi connectivity index (χ2v) is 7.70. The fourth-order valence-corrected chi connectivity index (χ4v) is 3.90. The van der Waals surface area contributed by atoms with E-state index >= 15 is 0 Å². The van der Waals surface area contributed by atoms with E-state index in [0.717, 1.165) is 5.56 Å². The summed E-state index contributed by atoms with van der Waals surface area (Å²) in [7, 11) is 1.39. The van der Waals surface area contributed by atoms with Gasteiger partial charge in [-0.05, 0) is 24.6 Å². The lowest BCUT2D eigenvalue weighted by Gasteiger charge is -2.09. The number of amidine groups is 1. The van der Waals surface area contributed by atoms with Crippen LogP contribution in [-0.4, -0.2) is 34.3 Å². The summed E-state index contributed by atoms with van der Waals surface area (Å²) in [5.41, 5.74) is 0.763. The highest BCUT2D eigenvalue weighted by Gasteiger charge is 2.33. The molecule has 0 saturated carbocycles. The summed E-state index contributed by atoms with van der Waals surface area (Å²) in [6.07, 6.45) is -0.140. The number of nitrogens with zero attached hydrogens (tertiary/aromatic N) is 2. The van der Waals surface area contributed by atoms with E-state index < -0.39 is 16.1 Å². The number of rotatable bonds is 7. The molecule has 2 unspecified atom stereocenters. The highest BCUT2D eigenvalue weighted by atomic mass is 32.2. The van der Waals surface area contributed by atoms with E-state index in [-0.39, 0.29) is 29.7 Å². The fourth-order valence-electron chi connectivity index (χ4n) is 2.85. The summed E-state index contributed by atoms with van der Waals surface area (Å²) in [5, 5.41) is 16.2. The summed E-state index contributed by atoms with van der Waals surface area (Å²) in [6, 6.07) is 13.6. The van der Waals surface area contributed by atoms with Crippen LogP contribution in [0.2, 0.25) is 0 Å². The molecule has 1 saturated heterocycles. The Bertz CT molecular complexity index is 996. The summed E-state index contributed by atoms with van der Waals surface area (Å²) < 4.78 is 4.98. The van der Waals surface area contributed by atoms with Gasteiger partial charge in [0.1, 0.15) is 16.7 Å². The maximum absolute atomic E-state index is 12.4. The minimum absolute atomic E-state index is 0.0424. The lowest BCUT2D eigenvalue weighted by molar-refractivity contribution is -0.384. The van der Waals surface area contributed by atoms with Gasteiger partial charge in [0.2, 0.25) is 11.8 Å². The molecule has 9 nitrogen and oxygen atoms in total. The predicted octanol–water partition coefficient (Wildman–Crippen LogP) is 3.28. The van der Waals surface area contributed by atoms with Gasteiger partial charge in [0.15, 0.2) is 5.17 Å². The highest BCUT2D eigenvalue weighted by molar-refractivity contribution is 8.15. The summed E-state index contributed by atoms with van der Waals surface area (Å²) in [4.78, 5) is 39.8. The zero-order valence-corrected chi connectivity index (χ0v) is 17.1. The van der Waals surface area contributed by atoms with Crippen molar-refractivity contribution in [2.24, 2.45) is 4.99 Å². The topological polar surface area (TPSA) is 123 Å². The number of anilines is 1. The van der Waals surface area contributed by atoms with Gasteiger partial charge in [-0.3, -0.25) is 24.7 Å². The number of methoxy groups -OCH3 is 1. The number of hydrogen-bond acceptors (Lipinski definition) is 7. The fraction of sp³-hybridized carbons (Fsp3) is 0.250. The number of carbonyl (C=O) groups excluding carboxylic acids is 2. The van der Waals surface area contributed by atoms with Crippen LogP contribution in [-0.2, 0) is 9.59 Å². The van der Waals surface area contributed by atoms with Crippen molar-refractivity contribution in [2.45, 2.75) is 24.6 Å². The quantitative estimate of drug-likeness (QED) is 0.515. The Morgan fingerprint density at radius 3 is 2.73 bits per heavy atom. The van der Waals surface area contributed by atoms with Gasteiger partial charge in [-0.15, -0.1) is 0 Å². The number of aliphatic imine (C=N–C) groups is 1. The molecule has 10 heteroatoms. The summed E-state index contributed by atoms with van der Waals surface area (Å²) in [6.45, 7) is 1.91. The first-order valence-electron chi connectivity index (χ1n) is 9.10. The molecule has 0 aliphatic carbocycles. The van der Waals surface area contributed by atoms with Gasteiger partial charge < -0.3 is 15.4 Å². The number of hydrogen-bond donors (Lipinski definition) is 2. The van der Waals surface area contributed by atoms with E-state index in [9.17, 15) is 19.7 Å². The van der Waals surface area contributed by atoms with Gasteiger partial charge >= 0.3 is 0 Å². The van der Waals surface area contributed by atoms with Crippen LogP contribution < -0.4 is 15.4 Å². The molecule has 1 aliphatic heterocycles. The van der Waals surface area contributed by atoms with Crippen molar-refractivity contribution in [1.29, 1.82) is 0 Å². The largest absolute Gasteiger partial charge is 0.496 e. The van der Waals surface area contributed by atoms with Crippen LogP contribution in [0.15, 0.2) is 53.5 Å². The van der Waals surface area contributed by atoms with Crippen molar-refractivity contribution >= 4 is 40.1 Å². The number of thioether (sulfide) groups is 1. The number of nitrogens with one attached hydrogen (secondary N) is 2. The Hall–Kier alpha value is -3.40. The van der Waals surface area contributed by atoms with Gasteiger partial charge in [-0.25, -0.2) is 0 Å². The molecule has 1 fully saturated rings. The monoisotopic (exact) mass is 428 g/mol. The molecule has 2 N–H and O–H groups in total. The Morgan fingerprint density at radius 2 is 2.07 bits per heavy atom. The van der Waals surface area contributed by atoms with Gasteiger partial charge in [-0.1, -0.05) is 42.1 Å². The summed E-state index contributed by atoms with van der Waals surface area (Å²) in [5.74, 6) is -0.523. The van der Waals surface area contributed by atoms with E-state index in [1.807, 2.05) is 37.3 Å². The second kappa shape index (κ2) is 9.40. The third-order valence-electron chi connectivity index (χ3n) is 4.42. The number of benzene rings is 2. The molecule has 2 aromatic rings. The first-order chi connectivity index (χ1) is 14.4. The van der Waals surface area contributed by atoms with E-state index in [1.165, 1.54) is 37.1 Å². The van der Waals surface area contributed by atoms with Crippen molar-refractivity contribution < 1.29 is 19.2 Å². The third-order valence-corrected chi connectivity index (χ3v) is 5.51. The summed E-state index contributed by atoms with van der Waals surface area (Å²) >= 11 is 1.17. The zero-order chi connectivity index (χ0) is 21.7. The van der Waals surface area contributed by atoms with Crippen LogP contribution in [0.1, 0.15) is 24.9 Å². The second-order valence-electron chi connectivity index (χ2n) is 6.51. The first-order valence-corrected chi connectivity index (χ1v) is 9.98. The Kier molecular flexibility index (Phi) is 6.68. The Morgan fingerprint density at radius 1 is 1.33 bits per heavy atom. The Labute approximate surface area is 177 Å². The molecular weight excluding hydrogens is 408 g/mol. The molecule has 30 heavy (non-hydrogen) atoms. The third kappa shape index (κ3) is 5.15. The molecule has 2 atom stereocenters. The minimum Gasteiger partial charge on any atom is -0.496 e. The van der Waals surface area contributed by atoms with Crippen LogP contribution in [0.5, 0.6) is 5.75 Å². The lowest BCUT2D eigenvalue weighted by Crippen LogP contribution is -2.28. The number of carbonyl (C=O) groups is 2. The molecular formula is C20H20N4O5S. The average Bonchev–Trinajstić information content (AvgIpc) is 3.07. The molecule has 3 rings (SSSR count). The maximum atomic E-state index is 12.4. The van der Waals surface area contributed by atoms with Crippen molar-refractivity contribution in [2.75, 3.05) is 12.4 Å². The van der Waals surface area contributed by atoms with Crippen molar-refractivity contribution in [3.63, 3.8) is 0 Å². The van der Waals surface area contributed by atoms with Gasteiger partial charge in [0.05, 0.1) is 24.1 Å². The SMILES string of the molecule is COc1ccc(NC(=O)CC2SC(=NC(C)c3ccccc3)NC2=O)c([N+](=O)[O-])c1. The molecule has 2 amide bonds. The molecule has 2 aromatic carbocycles. The molecule has 0 spiro atoms. The molecule has 1 aliphatic rings. The number of ether oxygens (including phenoxy) is 1. The molecule has 156 valence electrons. The number of amides is 2. The smallest absolute Gasteiger partial charge is 0.296 e. The lowest BCUT2D eigenvalue weighted by atomic mass is 10.1. The van der Waals surface area contributed by atoms with E-state index in [1.54, 1.807) is 0 Å². The zero-order valence-electron chi connectivity index (χ0n) is 16.3. The van der Waals surface area contributed by atoms with Crippen molar-refractivity contribution in [1.82, 2.24) is 5.32 Å². The van der Waals surface area contributed by atoms with Crippen LogP contribution in [0, 0.1) is 10.1 Å². The van der Waals surface area contributed by atoms with Crippen LogP contribution in [0.3, 0.4) is 0 Å². The molecule has 1 heterocycles. The Balaban J connectivity index is 1.64. The standard InChI is InChI=1S/C20H20N4O5S/c1-12(13-6-4-3-5-7-13)21-20-23-19(26)17(30-20)11-18(25)22-15-9-8-14(29-2)10-16(15)24(27)28/h3-10,12,17H,11H2,1-2H3,(H,22,25)(H,21,23,26). The highest BCUT2D eigenvalue weighted by Crippen LogP contribution is 2.30. The van der Waals surface area contributed by atoms with Gasteiger partial charge in [0, 0.05) is 6.42 Å². The van der Waals surface area contributed by atoms with Crippen LogP contribution in [0.25, 0.3) is 0 Å². The normalized spacial score (nSPS) is 18.0. The number of nitro groups is 1. The predicted molar refractivity (Wildman–Crippen MR) is 115 cm³/mol. The van der Waals surface area contributed by atoms with Crippen LogP contribution >= 0.6 is 11.8 Å². The molecule has 0 bridgehead atoms. The first kappa shape index (κ1) is 21.3. The van der Waals surface area contributed by atoms with E-state index in [2.05, 4.69) is 15.6 Å².